The molecule has 1 amide bonds. The Balaban J connectivity index is 2.19. The normalized spacial score (nSPS) is 24.4. The van der Waals surface area contributed by atoms with Gasteiger partial charge in [-0.15, -0.1) is 0 Å². The lowest BCUT2D eigenvalue weighted by atomic mass is 10.2. The number of nitrogens with two attached hydrogens (primary N) is 2. The van der Waals surface area contributed by atoms with Gasteiger partial charge in [-0.25, -0.2) is 4.98 Å². The SMILES string of the molecule is NC(=O)c1cccnc1NC1CC1N. The van der Waals surface area contributed by atoms with Gasteiger partial charge < -0.3 is 16.8 Å². The molecular formula is C9H12N4O. The molecule has 0 spiro atoms. The van der Waals surface area contributed by atoms with Crippen molar-refractivity contribution in [2.45, 2.75) is 18.5 Å². The Bertz CT molecular complexity index is 366. The molecule has 2 rings (SSSR count). The summed E-state index contributed by atoms with van der Waals surface area (Å²) in [5.41, 5.74) is 11.2. The molecule has 0 aliphatic heterocycles. The number of hydrogen-bond donors (Lipinski definition) is 3. The highest BCUT2D eigenvalue weighted by atomic mass is 16.1. The summed E-state index contributed by atoms with van der Waals surface area (Å²) in [4.78, 5) is 15.1. The van der Waals surface area contributed by atoms with Crippen molar-refractivity contribution in [1.29, 1.82) is 0 Å². The van der Waals surface area contributed by atoms with Crippen LogP contribution in [0.1, 0.15) is 16.8 Å². The Kier molecular flexibility index (Phi) is 2.09. The van der Waals surface area contributed by atoms with E-state index in [-0.39, 0.29) is 12.1 Å². The Morgan fingerprint density at radius 3 is 2.93 bits per heavy atom. The number of carbonyl (C=O) groups is 1. The second-order valence-corrected chi connectivity index (χ2v) is 3.41. The summed E-state index contributed by atoms with van der Waals surface area (Å²) in [7, 11) is 0. The molecule has 0 aromatic carbocycles. The summed E-state index contributed by atoms with van der Waals surface area (Å²) in [5, 5.41) is 3.08. The van der Waals surface area contributed by atoms with Crippen LogP contribution in [0.5, 0.6) is 0 Å². The van der Waals surface area contributed by atoms with E-state index in [4.69, 9.17) is 11.5 Å². The quantitative estimate of drug-likeness (QED) is 0.612. The standard InChI is InChI=1S/C9H12N4O/c10-6-4-7(6)13-9-5(8(11)14)2-1-3-12-9/h1-3,6-7H,4,10H2,(H2,11,14)(H,12,13). The molecule has 1 fully saturated rings. The van der Waals surface area contributed by atoms with E-state index in [1.54, 1.807) is 18.3 Å². The molecule has 0 saturated heterocycles. The molecular weight excluding hydrogens is 180 g/mol. The number of primary amides is 1. The summed E-state index contributed by atoms with van der Waals surface area (Å²) < 4.78 is 0. The zero-order valence-corrected chi connectivity index (χ0v) is 7.60. The maximum absolute atomic E-state index is 11.0. The predicted octanol–water partition coefficient (Wildman–Crippen LogP) is -0.308. The first-order valence-corrected chi connectivity index (χ1v) is 4.45. The summed E-state index contributed by atoms with van der Waals surface area (Å²) in [6.45, 7) is 0. The molecule has 1 aromatic heterocycles. The number of aromatic nitrogens is 1. The van der Waals surface area contributed by atoms with Crippen molar-refractivity contribution >= 4 is 11.7 Å². The fourth-order valence-electron chi connectivity index (χ4n) is 1.28. The molecule has 0 radical (unpaired) electrons. The third kappa shape index (κ3) is 1.67. The lowest BCUT2D eigenvalue weighted by molar-refractivity contribution is 0.100. The summed E-state index contributed by atoms with van der Waals surface area (Å²) in [6.07, 6.45) is 2.53. The van der Waals surface area contributed by atoms with Crippen molar-refractivity contribution in [3.8, 4) is 0 Å². The van der Waals surface area contributed by atoms with Crippen molar-refractivity contribution in [2.24, 2.45) is 11.5 Å². The molecule has 1 aromatic rings. The first-order chi connectivity index (χ1) is 6.68. The number of carbonyl (C=O) groups excluding carboxylic acids is 1. The van der Waals surface area contributed by atoms with E-state index in [1.165, 1.54) is 0 Å². The summed E-state index contributed by atoms with van der Waals surface area (Å²) in [6, 6.07) is 3.71. The average molecular weight is 192 g/mol. The van der Waals surface area contributed by atoms with Gasteiger partial charge in [-0.3, -0.25) is 4.79 Å². The van der Waals surface area contributed by atoms with Gasteiger partial charge >= 0.3 is 0 Å². The van der Waals surface area contributed by atoms with Crippen LogP contribution in [0.4, 0.5) is 5.82 Å². The van der Waals surface area contributed by atoms with Crippen molar-refractivity contribution in [2.75, 3.05) is 5.32 Å². The van der Waals surface area contributed by atoms with Crippen LogP contribution in [0.2, 0.25) is 0 Å². The molecule has 1 aliphatic carbocycles. The molecule has 0 bridgehead atoms. The van der Waals surface area contributed by atoms with E-state index in [9.17, 15) is 4.79 Å². The van der Waals surface area contributed by atoms with Gasteiger partial charge in [-0.1, -0.05) is 0 Å². The van der Waals surface area contributed by atoms with Gasteiger partial charge in [-0.2, -0.15) is 0 Å². The Hall–Kier alpha value is -1.62. The number of nitrogens with zero attached hydrogens (tertiary/aromatic N) is 1. The van der Waals surface area contributed by atoms with Gasteiger partial charge in [0.2, 0.25) is 0 Å². The second kappa shape index (κ2) is 3.26. The number of anilines is 1. The first-order valence-electron chi connectivity index (χ1n) is 4.45. The molecule has 74 valence electrons. The van der Waals surface area contributed by atoms with E-state index in [0.29, 0.717) is 11.4 Å². The van der Waals surface area contributed by atoms with E-state index < -0.39 is 5.91 Å². The van der Waals surface area contributed by atoms with Crippen molar-refractivity contribution in [3.63, 3.8) is 0 Å². The zero-order chi connectivity index (χ0) is 10.1. The van der Waals surface area contributed by atoms with Crippen LogP contribution in [-0.2, 0) is 0 Å². The minimum Gasteiger partial charge on any atom is -0.365 e. The lowest BCUT2D eigenvalue weighted by Crippen LogP contribution is -2.19. The van der Waals surface area contributed by atoms with Gasteiger partial charge in [0.05, 0.1) is 5.56 Å². The van der Waals surface area contributed by atoms with Crippen molar-refractivity contribution in [3.05, 3.63) is 23.9 Å². The van der Waals surface area contributed by atoms with Gasteiger partial charge in [0.25, 0.3) is 5.91 Å². The van der Waals surface area contributed by atoms with Crippen molar-refractivity contribution < 1.29 is 4.79 Å². The summed E-state index contributed by atoms with van der Waals surface area (Å²) >= 11 is 0. The average Bonchev–Trinajstić information content (AvgIpc) is 2.82. The number of pyridine rings is 1. The monoisotopic (exact) mass is 192 g/mol. The van der Waals surface area contributed by atoms with Gasteiger partial charge in [0.15, 0.2) is 0 Å². The van der Waals surface area contributed by atoms with Gasteiger partial charge in [-0.05, 0) is 18.6 Å². The maximum atomic E-state index is 11.0. The van der Waals surface area contributed by atoms with Gasteiger partial charge in [0.1, 0.15) is 5.82 Å². The molecule has 1 saturated carbocycles. The van der Waals surface area contributed by atoms with Crippen LogP contribution >= 0.6 is 0 Å². The number of amides is 1. The fourth-order valence-corrected chi connectivity index (χ4v) is 1.28. The molecule has 1 aliphatic rings. The Morgan fingerprint density at radius 1 is 1.64 bits per heavy atom. The highest BCUT2D eigenvalue weighted by Crippen LogP contribution is 2.24. The minimum absolute atomic E-state index is 0.165. The first kappa shape index (κ1) is 8.96. The highest BCUT2D eigenvalue weighted by Gasteiger charge is 2.34. The van der Waals surface area contributed by atoms with E-state index in [2.05, 4.69) is 10.3 Å². The fraction of sp³-hybridized carbons (Fsp3) is 0.333. The third-order valence-corrected chi connectivity index (χ3v) is 2.24. The minimum atomic E-state index is -0.477. The predicted molar refractivity (Wildman–Crippen MR) is 52.8 cm³/mol. The number of nitrogens with one attached hydrogen (secondary N) is 1. The smallest absolute Gasteiger partial charge is 0.252 e. The van der Waals surface area contributed by atoms with Crippen LogP contribution in [0, 0.1) is 0 Å². The van der Waals surface area contributed by atoms with E-state index >= 15 is 0 Å². The molecule has 2 atom stereocenters. The molecule has 1 heterocycles. The van der Waals surface area contributed by atoms with Crippen molar-refractivity contribution in [1.82, 2.24) is 4.98 Å². The summed E-state index contributed by atoms with van der Waals surface area (Å²) in [5.74, 6) is 0.0489. The van der Waals surface area contributed by atoms with Gasteiger partial charge in [0, 0.05) is 18.3 Å². The molecule has 5 N–H and O–H groups in total. The van der Waals surface area contributed by atoms with Crippen LogP contribution in [-0.4, -0.2) is 23.0 Å². The molecule has 2 unspecified atom stereocenters. The largest absolute Gasteiger partial charge is 0.365 e. The van der Waals surface area contributed by atoms with Crippen LogP contribution in [0.3, 0.4) is 0 Å². The molecule has 5 nitrogen and oxygen atoms in total. The Labute approximate surface area is 81.5 Å². The molecule has 14 heavy (non-hydrogen) atoms. The lowest BCUT2D eigenvalue weighted by Gasteiger charge is -2.06. The zero-order valence-electron chi connectivity index (χ0n) is 7.60. The number of hydrogen-bond acceptors (Lipinski definition) is 4. The number of rotatable bonds is 3. The van der Waals surface area contributed by atoms with E-state index in [0.717, 1.165) is 6.42 Å². The topological polar surface area (TPSA) is 94.0 Å². The second-order valence-electron chi connectivity index (χ2n) is 3.41. The Morgan fingerprint density at radius 2 is 2.36 bits per heavy atom. The highest BCUT2D eigenvalue weighted by molar-refractivity contribution is 5.97. The third-order valence-electron chi connectivity index (χ3n) is 2.24. The maximum Gasteiger partial charge on any atom is 0.252 e. The van der Waals surface area contributed by atoms with Crippen LogP contribution in [0.15, 0.2) is 18.3 Å². The van der Waals surface area contributed by atoms with Crippen LogP contribution < -0.4 is 16.8 Å². The molecule has 5 heteroatoms. The van der Waals surface area contributed by atoms with Crippen LogP contribution in [0.25, 0.3) is 0 Å². The van der Waals surface area contributed by atoms with E-state index in [1.807, 2.05) is 0 Å².